The molecule has 25 heavy (non-hydrogen) atoms. The van der Waals surface area contributed by atoms with E-state index in [1.807, 2.05) is 0 Å². The Labute approximate surface area is 155 Å². The van der Waals surface area contributed by atoms with Crippen LogP contribution in [0.1, 0.15) is 16.8 Å². The number of ketones is 1. The number of ether oxygens (including phenoxy) is 1. The number of carbonyl (C=O) groups excluding carboxylic acids is 2. The van der Waals surface area contributed by atoms with E-state index in [2.05, 4.69) is 0 Å². The quantitative estimate of drug-likeness (QED) is 0.524. The minimum Gasteiger partial charge on any atom is -0.457 e. The summed E-state index contributed by atoms with van der Waals surface area (Å²) >= 11 is 11.5. The van der Waals surface area contributed by atoms with Crippen molar-refractivity contribution < 1.29 is 22.7 Å². The highest BCUT2D eigenvalue weighted by Gasteiger charge is 2.19. The predicted octanol–water partition coefficient (Wildman–Crippen LogP) is 3.58. The summed E-state index contributed by atoms with van der Waals surface area (Å²) in [5.74, 6) is -1.59. The van der Waals surface area contributed by atoms with Gasteiger partial charge in [0, 0.05) is 5.56 Å². The van der Waals surface area contributed by atoms with Crippen molar-refractivity contribution in [2.45, 2.75) is 11.3 Å². The van der Waals surface area contributed by atoms with Crippen molar-refractivity contribution >= 4 is 44.8 Å². The van der Waals surface area contributed by atoms with Crippen LogP contribution in [0, 0.1) is 0 Å². The van der Waals surface area contributed by atoms with E-state index < -0.39 is 28.2 Å². The number of carbonyl (C=O) groups is 2. The molecule has 8 heteroatoms. The summed E-state index contributed by atoms with van der Waals surface area (Å²) in [7, 11) is -3.71. The molecule has 0 spiro atoms. The van der Waals surface area contributed by atoms with Crippen LogP contribution in [0.15, 0.2) is 53.4 Å². The summed E-state index contributed by atoms with van der Waals surface area (Å²) in [6.45, 7) is -0.435. The maximum absolute atomic E-state index is 12.2. The van der Waals surface area contributed by atoms with Crippen LogP contribution in [0.4, 0.5) is 0 Å². The van der Waals surface area contributed by atoms with Gasteiger partial charge in [-0.05, 0) is 18.2 Å². The maximum atomic E-state index is 12.2. The largest absolute Gasteiger partial charge is 0.457 e. The summed E-state index contributed by atoms with van der Waals surface area (Å²) in [6.07, 6.45) is -0.370. The van der Waals surface area contributed by atoms with Gasteiger partial charge in [-0.1, -0.05) is 53.5 Å². The van der Waals surface area contributed by atoms with Crippen molar-refractivity contribution in [2.24, 2.45) is 0 Å². The number of benzene rings is 2. The topological polar surface area (TPSA) is 77.5 Å². The van der Waals surface area contributed by atoms with Crippen molar-refractivity contribution in [1.29, 1.82) is 0 Å². The van der Waals surface area contributed by atoms with Crippen LogP contribution in [0.3, 0.4) is 0 Å². The number of sulfone groups is 1. The second-order valence-corrected chi connectivity index (χ2v) is 8.02. The smallest absolute Gasteiger partial charge is 0.307 e. The third-order valence-electron chi connectivity index (χ3n) is 3.29. The fourth-order valence-electron chi connectivity index (χ4n) is 1.93. The standard InChI is InChI=1S/C17H14Cl2O5S/c18-14-7-6-13(10-15(14)19)25(22,23)9-8-17(21)24-11-16(20)12-4-2-1-3-5-12/h1-7,10H,8-9,11H2. The molecule has 0 heterocycles. The first kappa shape index (κ1) is 19.4. The molecule has 0 radical (unpaired) electrons. The number of Topliss-reactive ketones (excluding diaryl/α,β-unsaturated/α-hetero) is 1. The summed E-state index contributed by atoms with van der Waals surface area (Å²) in [6, 6.07) is 12.3. The van der Waals surface area contributed by atoms with Crippen LogP contribution in [0.5, 0.6) is 0 Å². The molecule has 0 aliphatic carbocycles. The molecule has 132 valence electrons. The zero-order valence-corrected chi connectivity index (χ0v) is 15.3. The van der Waals surface area contributed by atoms with Gasteiger partial charge in [0.2, 0.25) is 0 Å². The molecule has 0 atom stereocenters. The van der Waals surface area contributed by atoms with E-state index in [-0.39, 0.29) is 27.1 Å². The van der Waals surface area contributed by atoms with E-state index in [9.17, 15) is 18.0 Å². The van der Waals surface area contributed by atoms with E-state index in [0.717, 1.165) is 0 Å². The normalized spacial score (nSPS) is 11.1. The monoisotopic (exact) mass is 400 g/mol. The van der Waals surface area contributed by atoms with E-state index in [1.54, 1.807) is 30.3 Å². The Kier molecular flexibility index (Phi) is 6.58. The lowest BCUT2D eigenvalue weighted by molar-refractivity contribution is -0.142. The Morgan fingerprint density at radius 3 is 2.28 bits per heavy atom. The molecular formula is C17H14Cl2O5S. The molecule has 0 saturated heterocycles. The fourth-order valence-corrected chi connectivity index (χ4v) is 3.54. The van der Waals surface area contributed by atoms with Crippen molar-refractivity contribution in [3.05, 3.63) is 64.1 Å². The Bertz CT molecular complexity index is 879. The van der Waals surface area contributed by atoms with Gasteiger partial charge in [-0.15, -0.1) is 0 Å². The van der Waals surface area contributed by atoms with Gasteiger partial charge >= 0.3 is 5.97 Å². The van der Waals surface area contributed by atoms with E-state index in [0.29, 0.717) is 5.56 Å². The molecule has 0 amide bonds. The number of hydrogen-bond acceptors (Lipinski definition) is 5. The second-order valence-electron chi connectivity index (χ2n) is 5.09. The van der Waals surface area contributed by atoms with Gasteiger partial charge in [-0.25, -0.2) is 8.42 Å². The molecule has 2 rings (SSSR count). The van der Waals surface area contributed by atoms with Crippen LogP contribution >= 0.6 is 23.2 Å². The van der Waals surface area contributed by atoms with Gasteiger partial charge in [0.15, 0.2) is 22.2 Å². The number of rotatable bonds is 7. The zero-order chi connectivity index (χ0) is 18.4. The highest BCUT2D eigenvalue weighted by Crippen LogP contribution is 2.25. The third kappa shape index (κ3) is 5.56. The Hall–Kier alpha value is -1.89. The molecule has 5 nitrogen and oxygen atoms in total. The number of halogens is 2. The van der Waals surface area contributed by atoms with Gasteiger partial charge in [-0.3, -0.25) is 9.59 Å². The zero-order valence-electron chi connectivity index (χ0n) is 12.9. The first-order valence-corrected chi connectivity index (χ1v) is 9.62. The number of esters is 1. The van der Waals surface area contributed by atoms with Crippen molar-refractivity contribution in [3.63, 3.8) is 0 Å². The summed E-state index contributed by atoms with van der Waals surface area (Å²) in [5.41, 5.74) is 0.415. The summed E-state index contributed by atoms with van der Waals surface area (Å²) in [5, 5.41) is 0.346. The molecule has 0 aromatic heterocycles. The lowest BCUT2D eigenvalue weighted by Crippen LogP contribution is -2.17. The van der Waals surface area contributed by atoms with Crippen LogP contribution in [0.2, 0.25) is 10.0 Å². The van der Waals surface area contributed by atoms with Gasteiger partial charge in [0.1, 0.15) is 0 Å². The molecule has 2 aromatic carbocycles. The highest BCUT2D eigenvalue weighted by molar-refractivity contribution is 7.91. The van der Waals surface area contributed by atoms with E-state index in [4.69, 9.17) is 27.9 Å². The predicted molar refractivity (Wildman–Crippen MR) is 94.9 cm³/mol. The van der Waals surface area contributed by atoms with Crippen LogP contribution in [0.25, 0.3) is 0 Å². The molecular weight excluding hydrogens is 387 g/mol. The van der Waals surface area contributed by atoms with E-state index in [1.165, 1.54) is 18.2 Å². The molecule has 0 fully saturated rings. The number of hydrogen-bond donors (Lipinski definition) is 0. The first-order chi connectivity index (χ1) is 11.8. The Morgan fingerprint density at radius 2 is 1.64 bits per heavy atom. The van der Waals surface area contributed by atoms with Crippen LogP contribution in [-0.4, -0.2) is 32.5 Å². The van der Waals surface area contributed by atoms with Gasteiger partial charge < -0.3 is 4.74 Å². The van der Waals surface area contributed by atoms with Crippen molar-refractivity contribution in [3.8, 4) is 0 Å². The lowest BCUT2D eigenvalue weighted by Gasteiger charge is -2.07. The minimum absolute atomic E-state index is 0.0324. The summed E-state index contributed by atoms with van der Waals surface area (Å²) < 4.78 is 29.2. The first-order valence-electron chi connectivity index (χ1n) is 7.21. The van der Waals surface area contributed by atoms with Crippen LogP contribution < -0.4 is 0 Å². The molecule has 0 saturated carbocycles. The molecule has 2 aromatic rings. The van der Waals surface area contributed by atoms with Crippen molar-refractivity contribution in [2.75, 3.05) is 12.4 Å². The van der Waals surface area contributed by atoms with Crippen LogP contribution in [-0.2, 0) is 19.4 Å². The fraction of sp³-hybridized carbons (Fsp3) is 0.176. The summed E-state index contributed by atoms with van der Waals surface area (Å²) in [4.78, 5) is 23.5. The molecule has 0 N–H and O–H groups in total. The highest BCUT2D eigenvalue weighted by atomic mass is 35.5. The van der Waals surface area contributed by atoms with Crippen molar-refractivity contribution in [1.82, 2.24) is 0 Å². The van der Waals surface area contributed by atoms with Gasteiger partial charge in [0.25, 0.3) is 0 Å². The average molecular weight is 401 g/mol. The van der Waals surface area contributed by atoms with E-state index >= 15 is 0 Å². The molecule has 0 aliphatic rings. The lowest BCUT2D eigenvalue weighted by atomic mass is 10.1. The Balaban J connectivity index is 1.88. The molecule has 0 bridgehead atoms. The average Bonchev–Trinajstić information content (AvgIpc) is 2.61. The van der Waals surface area contributed by atoms with Gasteiger partial charge in [-0.2, -0.15) is 0 Å². The molecule has 0 unspecified atom stereocenters. The Morgan fingerprint density at radius 1 is 0.960 bits per heavy atom. The van der Waals surface area contributed by atoms with Gasteiger partial charge in [0.05, 0.1) is 27.1 Å². The minimum atomic E-state index is -3.71. The molecule has 0 aliphatic heterocycles. The SMILES string of the molecule is O=C(CCS(=O)(=O)c1ccc(Cl)c(Cl)c1)OCC(=O)c1ccccc1. The third-order valence-corrected chi connectivity index (χ3v) is 5.74. The maximum Gasteiger partial charge on any atom is 0.307 e. The second kappa shape index (κ2) is 8.47.